The number of likely N-dealkylation sites (N-methyl/N-ethyl adjacent to an activating group) is 2. The Bertz CT molecular complexity index is 402. The first kappa shape index (κ1) is 18.2. The van der Waals surface area contributed by atoms with Crippen molar-refractivity contribution in [1.82, 2.24) is 19.6 Å². The van der Waals surface area contributed by atoms with Crippen molar-refractivity contribution < 1.29 is 4.79 Å². The van der Waals surface area contributed by atoms with Crippen molar-refractivity contribution in [3.05, 3.63) is 0 Å². The minimum Gasteiger partial charge on any atom is -0.341 e. The zero-order valence-corrected chi connectivity index (χ0v) is 15.8. The zero-order valence-electron chi connectivity index (χ0n) is 15.8. The lowest BCUT2D eigenvalue weighted by Crippen LogP contribution is -2.50. The fourth-order valence-electron chi connectivity index (χ4n) is 4.62. The van der Waals surface area contributed by atoms with Gasteiger partial charge in [0.1, 0.15) is 0 Å². The average Bonchev–Trinajstić information content (AvgIpc) is 3.12. The number of amides is 1. The molecule has 5 heteroatoms. The number of rotatable bonds is 5. The summed E-state index contributed by atoms with van der Waals surface area (Å²) in [6, 6.07) is 0.639. The summed E-state index contributed by atoms with van der Waals surface area (Å²) in [5, 5.41) is 0. The van der Waals surface area contributed by atoms with E-state index in [1.165, 1.54) is 71.2 Å². The van der Waals surface area contributed by atoms with Gasteiger partial charge in [-0.3, -0.25) is 9.69 Å². The highest BCUT2D eigenvalue weighted by molar-refractivity contribution is 5.78. The van der Waals surface area contributed by atoms with Crippen LogP contribution in [-0.2, 0) is 4.79 Å². The normalized spacial score (nSPS) is 28.0. The first-order chi connectivity index (χ1) is 11.6. The van der Waals surface area contributed by atoms with Gasteiger partial charge in [0.25, 0.3) is 0 Å². The van der Waals surface area contributed by atoms with E-state index in [1.807, 2.05) is 0 Å². The lowest BCUT2D eigenvalue weighted by Gasteiger charge is -2.39. The largest absolute Gasteiger partial charge is 0.341 e. The Labute approximate surface area is 147 Å². The SMILES string of the molecule is CN1CCN(CC2CCCN(C(=O)CN(C)C3CCCC3)C2)CC1. The molecule has 138 valence electrons. The van der Waals surface area contributed by atoms with E-state index in [1.54, 1.807) is 0 Å². The maximum absolute atomic E-state index is 12.7. The van der Waals surface area contributed by atoms with Gasteiger partial charge in [-0.2, -0.15) is 0 Å². The van der Waals surface area contributed by atoms with Crippen molar-refractivity contribution in [1.29, 1.82) is 0 Å². The monoisotopic (exact) mass is 336 g/mol. The van der Waals surface area contributed by atoms with Gasteiger partial charge < -0.3 is 14.7 Å². The van der Waals surface area contributed by atoms with Crippen LogP contribution in [0.4, 0.5) is 0 Å². The van der Waals surface area contributed by atoms with E-state index >= 15 is 0 Å². The summed E-state index contributed by atoms with van der Waals surface area (Å²) in [6.45, 7) is 8.47. The van der Waals surface area contributed by atoms with Crippen LogP contribution in [-0.4, -0.2) is 98.0 Å². The number of piperidine rings is 1. The van der Waals surface area contributed by atoms with Crippen LogP contribution in [0, 0.1) is 5.92 Å². The molecule has 0 N–H and O–H groups in total. The summed E-state index contributed by atoms with van der Waals surface area (Å²) in [5.74, 6) is 1.02. The lowest BCUT2D eigenvalue weighted by atomic mass is 9.97. The smallest absolute Gasteiger partial charge is 0.236 e. The number of piperazine rings is 1. The summed E-state index contributed by atoms with van der Waals surface area (Å²) in [7, 11) is 4.35. The molecule has 5 nitrogen and oxygen atoms in total. The quantitative estimate of drug-likeness (QED) is 0.758. The molecule has 3 rings (SSSR count). The second kappa shape index (κ2) is 8.63. The van der Waals surface area contributed by atoms with Gasteiger partial charge in [0.2, 0.25) is 5.91 Å². The molecule has 1 atom stereocenters. The Balaban J connectivity index is 1.43. The van der Waals surface area contributed by atoms with Gasteiger partial charge in [-0.1, -0.05) is 12.8 Å². The van der Waals surface area contributed by atoms with Gasteiger partial charge in [-0.15, -0.1) is 0 Å². The van der Waals surface area contributed by atoms with Crippen molar-refractivity contribution in [3.63, 3.8) is 0 Å². The first-order valence-corrected chi connectivity index (χ1v) is 10.0. The highest BCUT2D eigenvalue weighted by Gasteiger charge is 2.28. The second-order valence-electron chi connectivity index (χ2n) is 8.31. The second-order valence-corrected chi connectivity index (χ2v) is 8.31. The summed E-state index contributed by atoms with van der Waals surface area (Å²) in [4.78, 5) is 22.2. The summed E-state index contributed by atoms with van der Waals surface area (Å²) >= 11 is 0. The first-order valence-electron chi connectivity index (χ1n) is 10.0. The third-order valence-corrected chi connectivity index (χ3v) is 6.32. The van der Waals surface area contributed by atoms with E-state index in [0.717, 1.165) is 13.1 Å². The van der Waals surface area contributed by atoms with Crippen LogP contribution in [0.3, 0.4) is 0 Å². The number of hydrogen-bond acceptors (Lipinski definition) is 4. The molecular weight excluding hydrogens is 300 g/mol. The molecule has 0 aromatic rings. The molecule has 0 aromatic carbocycles. The van der Waals surface area contributed by atoms with E-state index in [4.69, 9.17) is 0 Å². The maximum atomic E-state index is 12.7. The van der Waals surface area contributed by atoms with E-state index in [2.05, 4.69) is 33.7 Å². The van der Waals surface area contributed by atoms with E-state index in [0.29, 0.717) is 24.4 Å². The Morgan fingerprint density at radius 1 is 1.00 bits per heavy atom. The highest BCUT2D eigenvalue weighted by atomic mass is 16.2. The Kier molecular flexibility index (Phi) is 6.53. The average molecular weight is 337 g/mol. The van der Waals surface area contributed by atoms with Crippen LogP contribution in [0.2, 0.25) is 0 Å². The minimum atomic E-state index is 0.354. The minimum absolute atomic E-state index is 0.354. The van der Waals surface area contributed by atoms with Gasteiger partial charge in [-0.25, -0.2) is 0 Å². The lowest BCUT2D eigenvalue weighted by molar-refractivity contribution is -0.134. The van der Waals surface area contributed by atoms with Crippen molar-refractivity contribution in [2.24, 2.45) is 5.92 Å². The topological polar surface area (TPSA) is 30.0 Å². The van der Waals surface area contributed by atoms with Crippen LogP contribution in [0.1, 0.15) is 38.5 Å². The number of nitrogens with zero attached hydrogens (tertiary/aromatic N) is 4. The van der Waals surface area contributed by atoms with Gasteiger partial charge in [-0.05, 0) is 45.7 Å². The van der Waals surface area contributed by atoms with Gasteiger partial charge >= 0.3 is 0 Å². The number of carbonyl (C=O) groups is 1. The number of carbonyl (C=O) groups excluding carboxylic acids is 1. The Hall–Kier alpha value is -0.650. The molecule has 0 aromatic heterocycles. The molecule has 1 aliphatic carbocycles. The standard InChI is InChI=1S/C19H36N4O/c1-20-10-12-22(13-11-20)14-17-6-5-9-23(15-17)19(24)16-21(2)18-7-3-4-8-18/h17-18H,3-16H2,1-2H3. The molecule has 2 heterocycles. The van der Waals surface area contributed by atoms with Crippen molar-refractivity contribution >= 4 is 5.91 Å². The molecule has 3 aliphatic rings. The van der Waals surface area contributed by atoms with Crippen LogP contribution in [0.15, 0.2) is 0 Å². The number of hydrogen-bond donors (Lipinski definition) is 0. The molecule has 0 radical (unpaired) electrons. The van der Waals surface area contributed by atoms with Crippen molar-refractivity contribution in [3.8, 4) is 0 Å². The molecule has 1 unspecified atom stereocenters. The van der Waals surface area contributed by atoms with Gasteiger partial charge in [0, 0.05) is 51.9 Å². The molecule has 0 bridgehead atoms. The molecule has 2 saturated heterocycles. The predicted octanol–water partition coefficient (Wildman–Crippen LogP) is 1.35. The Morgan fingerprint density at radius 2 is 1.71 bits per heavy atom. The van der Waals surface area contributed by atoms with Gasteiger partial charge in [0.05, 0.1) is 6.54 Å². The molecule has 1 saturated carbocycles. The molecule has 1 amide bonds. The Morgan fingerprint density at radius 3 is 2.42 bits per heavy atom. The molecule has 0 spiro atoms. The fourth-order valence-corrected chi connectivity index (χ4v) is 4.62. The summed E-state index contributed by atoms with van der Waals surface area (Å²) in [6.07, 6.45) is 7.68. The highest BCUT2D eigenvalue weighted by Crippen LogP contribution is 2.23. The van der Waals surface area contributed by atoms with Crippen molar-refractivity contribution in [2.75, 3.05) is 66.5 Å². The predicted molar refractivity (Wildman–Crippen MR) is 98.1 cm³/mol. The maximum Gasteiger partial charge on any atom is 0.236 e. The molecule has 2 aliphatic heterocycles. The van der Waals surface area contributed by atoms with Gasteiger partial charge in [0.15, 0.2) is 0 Å². The molecule has 24 heavy (non-hydrogen) atoms. The molecular formula is C19H36N4O. The fraction of sp³-hybridized carbons (Fsp3) is 0.947. The third kappa shape index (κ3) is 4.93. The van der Waals surface area contributed by atoms with Crippen molar-refractivity contribution in [2.45, 2.75) is 44.6 Å². The number of likely N-dealkylation sites (tertiary alicyclic amines) is 1. The van der Waals surface area contributed by atoms with E-state index < -0.39 is 0 Å². The van der Waals surface area contributed by atoms with Crippen LogP contribution >= 0.6 is 0 Å². The zero-order chi connectivity index (χ0) is 16.9. The summed E-state index contributed by atoms with van der Waals surface area (Å²) in [5.41, 5.74) is 0. The van der Waals surface area contributed by atoms with E-state index in [-0.39, 0.29) is 0 Å². The van der Waals surface area contributed by atoms with E-state index in [9.17, 15) is 4.79 Å². The third-order valence-electron chi connectivity index (χ3n) is 6.32. The van der Waals surface area contributed by atoms with Crippen LogP contribution < -0.4 is 0 Å². The van der Waals surface area contributed by atoms with Crippen LogP contribution in [0.5, 0.6) is 0 Å². The molecule has 3 fully saturated rings. The summed E-state index contributed by atoms with van der Waals surface area (Å²) < 4.78 is 0. The van der Waals surface area contributed by atoms with Crippen LogP contribution in [0.25, 0.3) is 0 Å².